The molecule has 0 aromatic rings. The number of carbonyl (C=O) groups is 1. The summed E-state index contributed by atoms with van der Waals surface area (Å²) in [5, 5.41) is 12.0. The van der Waals surface area contributed by atoms with Crippen molar-refractivity contribution in [2.45, 2.75) is 25.8 Å². The van der Waals surface area contributed by atoms with Crippen LogP contribution in [0.3, 0.4) is 0 Å². The first kappa shape index (κ1) is 11.2. The quantitative estimate of drug-likeness (QED) is 0.643. The number of hydrogen-bond acceptors (Lipinski definition) is 3. The molecule has 0 saturated carbocycles. The monoisotopic (exact) mass is 199 g/mol. The zero-order valence-corrected chi connectivity index (χ0v) is 8.45. The van der Waals surface area contributed by atoms with E-state index in [4.69, 9.17) is 9.84 Å². The Balaban J connectivity index is 2.26. The molecule has 4 heteroatoms. The van der Waals surface area contributed by atoms with E-state index < -0.39 is 5.97 Å². The van der Waals surface area contributed by atoms with Crippen molar-refractivity contribution in [3.8, 4) is 0 Å². The second-order valence-electron chi connectivity index (χ2n) is 3.36. The van der Waals surface area contributed by atoms with Crippen LogP contribution in [0, 0.1) is 0 Å². The molecule has 0 radical (unpaired) electrons. The van der Waals surface area contributed by atoms with Gasteiger partial charge in [-0.3, -0.25) is 0 Å². The topological polar surface area (TPSA) is 58.6 Å². The first-order valence-electron chi connectivity index (χ1n) is 4.97. The summed E-state index contributed by atoms with van der Waals surface area (Å²) in [6.45, 7) is 4.01. The second kappa shape index (κ2) is 5.78. The summed E-state index contributed by atoms with van der Waals surface area (Å²) < 4.78 is 5.19. The Bertz CT molecular complexity index is 219. The van der Waals surface area contributed by atoms with E-state index in [1.165, 1.54) is 0 Å². The maximum atomic E-state index is 10.6. The molecule has 1 aliphatic rings. The average Bonchev–Trinajstić information content (AvgIpc) is 2.64. The minimum atomic E-state index is -0.822. The number of aliphatic carboxylic acids is 1. The summed E-state index contributed by atoms with van der Waals surface area (Å²) >= 11 is 0. The van der Waals surface area contributed by atoms with E-state index >= 15 is 0 Å². The Labute approximate surface area is 83.9 Å². The minimum Gasteiger partial charge on any atom is -0.478 e. The van der Waals surface area contributed by atoms with Gasteiger partial charge in [-0.1, -0.05) is 13.0 Å². The van der Waals surface area contributed by atoms with Gasteiger partial charge in [-0.2, -0.15) is 0 Å². The highest BCUT2D eigenvalue weighted by Gasteiger charge is 2.13. The standard InChI is InChI=1S/C10H17NO3/c1-2-8(10(12)13)3-5-11-9-4-6-14-7-9/h3,9,11H,2,4-7H2,1H3,(H,12,13). The van der Waals surface area contributed by atoms with Gasteiger partial charge in [0.05, 0.1) is 6.61 Å². The van der Waals surface area contributed by atoms with Gasteiger partial charge in [-0.05, 0) is 12.8 Å². The molecule has 1 saturated heterocycles. The van der Waals surface area contributed by atoms with Crippen molar-refractivity contribution in [1.29, 1.82) is 0 Å². The van der Waals surface area contributed by atoms with E-state index in [1.54, 1.807) is 6.08 Å². The van der Waals surface area contributed by atoms with Crippen LogP contribution in [0.2, 0.25) is 0 Å². The number of carboxylic acids is 1. The van der Waals surface area contributed by atoms with Crippen molar-refractivity contribution in [2.24, 2.45) is 0 Å². The maximum absolute atomic E-state index is 10.6. The zero-order chi connectivity index (χ0) is 10.4. The highest BCUT2D eigenvalue weighted by molar-refractivity contribution is 5.86. The Morgan fingerprint density at radius 3 is 3.00 bits per heavy atom. The molecule has 1 aliphatic heterocycles. The summed E-state index contributed by atoms with van der Waals surface area (Å²) in [4.78, 5) is 10.6. The molecule has 1 heterocycles. The van der Waals surface area contributed by atoms with Crippen LogP contribution in [-0.2, 0) is 9.53 Å². The van der Waals surface area contributed by atoms with Crippen LogP contribution >= 0.6 is 0 Å². The van der Waals surface area contributed by atoms with Gasteiger partial charge in [0, 0.05) is 24.8 Å². The molecule has 1 rings (SSSR count). The molecule has 2 N–H and O–H groups in total. The van der Waals surface area contributed by atoms with Crippen molar-refractivity contribution < 1.29 is 14.6 Å². The molecule has 1 atom stereocenters. The molecule has 0 aliphatic carbocycles. The average molecular weight is 199 g/mol. The lowest BCUT2D eigenvalue weighted by atomic mass is 10.2. The van der Waals surface area contributed by atoms with E-state index in [0.717, 1.165) is 19.6 Å². The first-order chi connectivity index (χ1) is 6.74. The van der Waals surface area contributed by atoms with E-state index in [0.29, 0.717) is 24.6 Å². The summed E-state index contributed by atoms with van der Waals surface area (Å²) in [6.07, 6.45) is 3.32. The van der Waals surface area contributed by atoms with E-state index in [-0.39, 0.29) is 0 Å². The third-order valence-corrected chi connectivity index (χ3v) is 2.34. The highest BCUT2D eigenvalue weighted by atomic mass is 16.5. The predicted octanol–water partition coefficient (Wildman–Crippen LogP) is 0.786. The molecule has 1 fully saturated rings. The largest absolute Gasteiger partial charge is 0.478 e. The normalized spacial score (nSPS) is 22.6. The SMILES string of the molecule is CCC(=CCNC1CCOC1)C(=O)O. The van der Waals surface area contributed by atoms with Gasteiger partial charge in [0.15, 0.2) is 0 Å². The lowest BCUT2D eigenvalue weighted by Gasteiger charge is -2.07. The molecular formula is C10H17NO3. The van der Waals surface area contributed by atoms with Crippen molar-refractivity contribution in [2.75, 3.05) is 19.8 Å². The number of hydrogen-bond donors (Lipinski definition) is 2. The van der Waals surface area contributed by atoms with E-state index in [9.17, 15) is 4.79 Å². The van der Waals surface area contributed by atoms with Gasteiger partial charge >= 0.3 is 5.97 Å². The fraction of sp³-hybridized carbons (Fsp3) is 0.700. The number of carboxylic acid groups (broad SMARTS) is 1. The van der Waals surface area contributed by atoms with Crippen LogP contribution in [0.5, 0.6) is 0 Å². The molecule has 80 valence electrons. The zero-order valence-electron chi connectivity index (χ0n) is 8.45. The Kier molecular flexibility index (Phi) is 4.62. The van der Waals surface area contributed by atoms with Crippen LogP contribution in [-0.4, -0.2) is 36.9 Å². The second-order valence-corrected chi connectivity index (χ2v) is 3.36. The highest BCUT2D eigenvalue weighted by Crippen LogP contribution is 2.04. The predicted molar refractivity (Wildman–Crippen MR) is 53.2 cm³/mol. The van der Waals surface area contributed by atoms with E-state index in [1.807, 2.05) is 6.92 Å². The third kappa shape index (κ3) is 3.47. The fourth-order valence-corrected chi connectivity index (χ4v) is 1.43. The number of rotatable bonds is 5. The molecule has 4 nitrogen and oxygen atoms in total. The number of nitrogens with one attached hydrogen (secondary N) is 1. The van der Waals surface area contributed by atoms with Crippen LogP contribution < -0.4 is 5.32 Å². The fourth-order valence-electron chi connectivity index (χ4n) is 1.43. The van der Waals surface area contributed by atoms with Gasteiger partial charge in [-0.15, -0.1) is 0 Å². The smallest absolute Gasteiger partial charge is 0.331 e. The van der Waals surface area contributed by atoms with Gasteiger partial charge in [0.1, 0.15) is 0 Å². The van der Waals surface area contributed by atoms with Gasteiger partial charge in [0.25, 0.3) is 0 Å². The summed E-state index contributed by atoms with van der Waals surface area (Å²) in [5.74, 6) is -0.822. The summed E-state index contributed by atoms with van der Waals surface area (Å²) in [7, 11) is 0. The molecular weight excluding hydrogens is 182 g/mol. The Morgan fingerprint density at radius 1 is 1.71 bits per heavy atom. The van der Waals surface area contributed by atoms with E-state index in [2.05, 4.69) is 5.32 Å². The lowest BCUT2D eigenvalue weighted by molar-refractivity contribution is -0.132. The lowest BCUT2D eigenvalue weighted by Crippen LogP contribution is -2.29. The van der Waals surface area contributed by atoms with Gasteiger partial charge in [-0.25, -0.2) is 4.79 Å². The van der Waals surface area contributed by atoms with Crippen LogP contribution in [0.4, 0.5) is 0 Å². The third-order valence-electron chi connectivity index (χ3n) is 2.34. The molecule has 0 bridgehead atoms. The van der Waals surface area contributed by atoms with Crippen LogP contribution in [0.25, 0.3) is 0 Å². The first-order valence-corrected chi connectivity index (χ1v) is 4.97. The van der Waals surface area contributed by atoms with Crippen LogP contribution in [0.1, 0.15) is 19.8 Å². The molecule has 1 unspecified atom stereocenters. The van der Waals surface area contributed by atoms with Crippen molar-refractivity contribution in [3.05, 3.63) is 11.6 Å². The number of ether oxygens (including phenoxy) is 1. The van der Waals surface area contributed by atoms with Crippen LogP contribution in [0.15, 0.2) is 11.6 Å². The minimum absolute atomic E-state index is 0.387. The molecule has 0 spiro atoms. The Hall–Kier alpha value is -0.870. The Morgan fingerprint density at radius 2 is 2.50 bits per heavy atom. The van der Waals surface area contributed by atoms with Crippen molar-refractivity contribution in [3.63, 3.8) is 0 Å². The van der Waals surface area contributed by atoms with Crippen molar-refractivity contribution >= 4 is 5.97 Å². The summed E-state index contributed by atoms with van der Waals surface area (Å²) in [5.41, 5.74) is 0.469. The molecule has 0 aromatic heterocycles. The van der Waals surface area contributed by atoms with Crippen molar-refractivity contribution in [1.82, 2.24) is 5.32 Å². The molecule has 0 aromatic carbocycles. The van der Waals surface area contributed by atoms with Gasteiger partial charge < -0.3 is 15.2 Å². The maximum Gasteiger partial charge on any atom is 0.331 e. The molecule has 0 amide bonds. The van der Waals surface area contributed by atoms with Gasteiger partial charge in [0.2, 0.25) is 0 Å². The molecule has 14 heavy (non-hydrogen) atoms. The summed E-state index contributed by atoms with van der Waals surface area (Å²) in [6, 6.07) is 0.387.